The van der Waals surface area contributed by atoms with Crippen molar-refractivity contribution in [1.82, 2.24) is 19.8 Å². The van der Waals surface area contributed by atoms with E-state index in [4.69, 9.17) is 0 Å². The molecule has 1 heterocycles. The summed E-state index contributed by atoms with van der Waals surface area (Å²) in [4.78, 5) is 6.75. The van der Waals surface area contributed by atoms with Crippen LogP contribution in [0.15, 0.2) is 4.99 Å². The molecule has 2 N–H and O–H groups in total. The van der Waals surface area contributed by atoms with Crippen molar-refractivity contribution in [2.75, 3.05) is 52.1 Å². The summed E-state index contributed by atoms with van der Waals surface area (Å²) in [7, 11) is -1.47. The highest BCUT2D eigenvalue weighted by Crippen LogP contribution is 2.11. The van der Waals surface area contributed by atoms with Crippen molar-refractivity contribution in [1.29, 1.82) is 0 Å². The number of likely N-dealkylation sites (tertiary alicyclic amines) is 1. The molecular formula is C17H38IN5O2S. The second-order valence-corrected chi connectivity index (χ2v) is 8.60. The Bertz CT molecular complexity index is 489. The topological polar surface area (TPSA) is 77.0 Å². The number of hydrogen-bond donors (Lipinski definition) is 2. The van der Waals surface area contributed by atoms with Crippen LogP contribution in [0.2, 0.25) is 0 Å². The highest BCUT2D eigenvalue weighted by Gasteiger charge is 2.21. The van der Waals surface area contributed by atoms with Gasteiger partial charge >= 0.3 is 0 Å². The molecule has 1 saturated heterocycles. The van der Waals surface area contributed by atoms with Gasteiger partial charge in [0.1, 0.15) is 0 Å². The number of halogens is 1. The molecule has 0 bridgehead atoms. The van der Waals surface area contributed by atoms with Crippen molar-refractivity contribution in [3.63, 3.8) is 0 Å². The average Bonchev–Trinajstić information content (AvgIpc) is 2.60. The molecule has 1 fully saturated rings. The maximum Gasteiger partial charge on any atom is 0.215 e. The van der Waals surface area contributed by atoms with Crippen LogP contribution in [0.25, 0.3) is 0 Å². The molecule has 0 aromatic rings. The molecule has 0 spiro atoms. The number of hydrogen-bond acceptors (Lipinski definition) is 4. The second kappa shape index (κ2) is 14.0. The van der Waals surface area contributed by atoms with Crippen molar-refractivity contribution in [2.45, 2.75) is 52.5 Å². The highest BCUT2D eigenvalue weighted by atomic mass is 127. The first-order chi connectivity index (χ1) is 12.0. The van der Waals surface area contributed by atoms with Crippen LogP contribution in [0, 0.1) is 0 Å². The zero-order valence-corrected chi connectivity index (χ0v) is 20.0. The Morgan fingerprint density at radius 2 is 1.81 bits per heavy atom. The second-order valence-electron chi connectivity index (χ2n) is 6.51. The first-order valence-electron chi connectivity index (χ1n) is 9.64. The first kappa shape index (κ1) is 25.9. The minimum Gasteiger partial charge on any atom is -0.355 e. The smallest absolute Gasteiger partial charge is 0.215 e. The van der Waals surface area contributed by atoms with Crippen LogP contribution in [0.1, 0.15) is 46.5 Å². The molecule has 0 aliphatic carbocycles. The zero-order chi connectivity index (χ0) is 18.7. The molecule has 0 amide bonds. The Labute approximate surface area is 177 Å². The molecule has 0 radical (unpaired) electrons. The fraction of sp³-hybridized carbons (Fsp3) is 0.941. The standard InChI is InChI=1S/C17H37N5O2S.HI/c1-5-8-12-21-13-9-16(10-14-21)20-17(18-4)19-11-15-25(23,24)22(6-2)7-3;/h16H,5-15H2,1-4H3,(H2,18,19,20);1H. The lowest BCUT2D eigenvalue weighted by atomic mass is 10.0. The van der Waals surface area contributed by atoms with Gasteiger partial charge in [-0.25, -0.2) is 12.7 Å². The predicted molar refractivity (Wildman–Crippen MR) is 121 cm³/mol. The Kier molecular flexibility index (Phi) is 13.9. The van der Waals surface area contributed by atoms with Gasteiger partial charge in [0, 0.05) is 45.8 Å². The molecule has 1 rings (SSSR count). The minimum atomic E-state index is -3.19. The Morgan fingerprint density at radius 3 is 2.31 bits per heavy atom. The van der Waals surface area contributed by atoms with E-state index in [1.54, 1.807) is 7.05 Å². The van der Waals surface area contributed by atoms with Gasteiger partial charge in [-0.1, -0.05) is 27.2 Å². The van der Waals surface area contributed by atoms with Gasteiger partial charge in [0.05, 0.1) is 5.75 Å². The van der Waals surface area contributed by atoms with Crippen LogP contribution < -0.4 is 10.6 Å². The third kappa shape index (κ3) is 9.18. The molecule has 1 aliphatic heterocycles. The van der Waals surface area contributed by atoms with Gasteiger partial charge in [0.2, 0.25) is 10.0 Å². The summed E-state index contributed by atoms with van der Waals surface area (Å²) in [6.07, 6.45) is 4.71. The van der Waals surface area contributed by atoms with E-state index in [0.29, 0.717) is 31.6 Å². The molecule has 7 nitrogen and oxygen atoms in total. The van der Waals surface area contributed by atoms with Gasteiger partial charge in [-0.3, -0.25) is 4.99 Å². The van der Waals surface area contributed by atoms with Crippen LogP contribution in [-0.4, -0.2) is 81.7 Å². The SMILES string of the molecule is CCCCN1CCC(NC(=NC)NCCS(=O)(=O)N(CC)CC)CC1.I. The van der Waals surface area contributed by atoms with Crippen molar-refractivity contribution in [3.05, 3.63) is 0 Å². The molecule has 0 unspecified atom stereocenters. The molecule has 0 saturated carbocycles. The van der Waals surface area contributed by atoms with Crippen molar-refractivity contribution in [2.24, 2.45) is 4.99 Å². The largest absolute Gasteiger partial charge is 0.355 e. The molecular weight excluding hydrogens is 465 g/mol. The van der Waals surface area contributed by atoms with Gasteiger partial charge in [0.15, 0.2) is 5.96 Å². The van der Waals surface area contributed by atoms with Gasteiger partial charge in [-0.15, -0.1) is 24.0 Å². The van der Waals surface area contributed by atoms with Gasteiger partial charge < -0.3 is 15.5 Å². The third-order valence-corrected chi connectivity index (χ3v) is 6.75. The van der Waals surface area contributed by atoms with E-state index < -0.39 is 10.0 Å². The van der Waals surface area contributed by atoms with Gasteiger partial charge in [-0.05, 0) is 25.8 Å². The summed E-state index contributed by atoms with van der Waals surface area (Å²) < 4.78 is 25.9. The number of unbranched alkanes of at least 4 members (excludes halogenated alkanes) is 1. The lowest BCUT2D eigenvalue weighted by Gasteiger charge is -2.33. The number of guanidine groups is 1. The lowest BCUT2D eigenvalue weighted by Crippen LogP contribution is -2.49. The predicted octanol–water partition coefficient (Wildman–Crippen LogP) is 1.71. The maximum absolute atomic E-state index is 12.2. The summed E-state index contributed by atoms with van der Waals surface area (Å²) in [5.74, 6) is 0.784. The molecule has 0 aromatic heterocycles. The number of sulfonamides is 1. The number of aliphatic imine (C=N–C) groups is 1. The quantitative estimate of drug-likeness (QED) is 0.270. The minimum absolute atomic E-state index is 0. The van der Waals surface area contributed by atoms with Crippen molar-refractivity contribution < 1.29 is 8.42 Å². The molecule has 9 heteroatoms. The van der Waals surface area contributed by atoms with Crippen molar-refractivity contribution in [3.8, 4) is 0 Å². The normalized spacial score (nSPS) is 17.2. The molecule has 26 heavy (non-hydrogen) atoms. The Morgan fingerprint density at radius 1 is 1.19 bits per heavy atom. The van der Waals surface area contributed by atoms with Crippen LogP contribution in [0.3, 0.4) is 0 Å². The summed E-state index contributed by atoms with van der Waals surface area (Å²) in [5.41, 5.74) is 0. The lowest BCUT2D eigenvalue weighted by molar-refractivity contribution is 0.203. The zero-order valence-electron chi connectivity index (χ0n) is 16.8. The first-order valence-corrected chi connectivity index (χ1v) is 11.2. The van der Waals surface area contributed by atoms with Crippen LogP contribution in [-0.2, 0) is 10.0 Å². The van der Waals surface area contributed by atoms with Crippen LogP contribution >= 0.6 is 24.0 Å². The molecule has 156 valence electrons. The number of rotatable bonds is 10. The maximum atomic E-state index is 12.2. The molecule has 1 aliphatic rings. The number of piperidine rings is 1. The summed E-state index contributed by atoms with van der Waals surface area (Å²) in [6.45, 7) is 10.8. The summed E-state index contributed by atoms with van der Waals surface area (Å²) >= 11 is 0. The monoisotopic (exact) mass is 503 g/mol. The van der Waals surface area contributed by atoms with Gasteiger partial charge in [0.25, 0.3) is 0 Å². The van der Waals surface area contributed by atoms with E-state index >= 15 is 0 Å². The van der Waals surface area contributed by atoms with Gasteiger partial charge in [-0.2, -0.15) is 0 Å². The fourth-order valence-electron chi connectivity index (χ4n) is 3.12. The fourth-order valence-corrected chi connectivity index (χ4v) is 4.52. The summed E-state index contributed by atoms with van der Waals surface area (Å²) in [6, 6.07) is 0.406. The van der Waals surface area contributed by atoms with E-state index in [-0.39, 0.29) is 29.7 Å². The Hall–Kier alpha value is -0.130. The number of nitrogens with one attached hydrogen (secondary N) is 2. The van der Waals surface area contributed by atoms with E-state index in [1.807, 2.05) is 13.8 Å². The highest BCUT2D eigenvalue weighted by molar-refractivity contribution is 14.0. The van der Waals surface area contributed by atoms with Crippen molar-refractivity contribution >= 4 is 40.0 Å². The average molecular weight is 503 g/mol. The number of nitrogens with zero attached hydrogens (tertiary/aromatic N) is 3. The van der Waals surface area contributed by atoms with E-state index in [2.05, 4.69) is 27.4 Å². The van der Waals surface area contributed by atoms with Crippen LogP contribution in [0.4, 0.5) is 0 Å². The van der Waals surface area contributed by atoms with E-state index in [0.717, 1.165) is 25.9 Å². The van der Waals surface area contributed by atoms with Crippen LogP contribution in [0.5, 0.6) is 0 Å². The summed E-state index contributed by atoms with van der Waals surface area (Å²) in [5, 5.41) is 6.57. The third-order valence-electron chi connectivity index (χ3n) is 4.73. The molecule has 0 atom stereocenters. The van der Waals surface area contributed by atoms with E-state index in [9.17, 15) is 8.42 Å². The van der Waals surface area contributed by atoms with E-state index in [1.165, 1.54) is 23.7 Å². The Balaban J connectivity index is 0.00000625. The molecule has 0 aromatic carbocycles.